The highest BCUT2D eigenvalue weighted by Gasteiger charge is 2.49. The molecule has 2 aliphatic heterocycles. The number of carbonyl (C=O) groups is 1. The van der Waals surface area contributed by atoms with Gasteiger partial charge < -0.3 is 14.7 Å². The lowest BCUT2D eigenvalue weighted by Crippen LogP contribution is -2.43. The molecule has 1 aromatic rings. The van der Waals surface area contributed by atoms with Gasteiger partial charge in [-0.1, -0.05) is 29.8 Å². The number of nitrogens with zero attached hydrogens (tertiary/aromatic N) is 1. The fraction of sp³-hybridized carbons (Fsp3) is 0.611. The topological polar surface area (TPSA) is 49.8 Å². The zero-order valence-electron chi connectivity index (χ0n) is 13.3. The molecule has 2 fully saturated rings. The first kappa shape index (κ1) is 15.5. The van der Waals surface area contributed by atoms with Crippen molar-refractivity contribution in [2.45, 2.75) is 26.2 Å². The molecular formula is C18H25NO3. The molecule has 4 heteroatoms. The van der Waals surface area contributed by atoms with Crippen molar-refractivity contribution in [1.29, 1.82) is 0 Å². The van der Waals surface area contributed by atoms with E-state index in [9.17, 15) is 9.90 Å². The maximum atomic E-state index is 12.5. The predicted octanol–water partition coefficient (Wildman–Crippen LogP) is 1.79. The number of likely N-dealkylation sites (tertiary alicyclic amines) is 1. The Bertz CT molecular complexity index is 528. The van der Waals surface area contributed by atoms with E-state index >= 15 is 0 Å². The van der Waals surface area contributed by atoms with Crippen molar-refractivity contribution in [2.75, 3.05) is 32.9 Å². The normalized spacial score (nSPS) is 27.7. The molecule has 0 aromatic heterocycles. The van der Waals surface area contributed by atoms with Gasteiger partial charge in [-0.3, -0.25) is 4.79 Å². The van der Waals surface area contributed by atoms with Crippen molar-refractivity contribution >= 4 is 5.91 Å². The van der Waals surface area contributed by atoms with Gasteiger partial charge in [-0.2, -0.15) is 0 Å². The molecule has 4 nitrogen and oxygen atoms in total. The van der Waals surface area contributed by atoms with Gasteiger partial charge in [-0.25, -0.2) is 0 Å². The van der Waals surface area contributed by atoms with Gasteiger partial charge in [0, 0.05) is 31.5 Å². The van der Waals surface area contributed by atoms with Crippen molar-refractivity contribution in [3.63, 3.8) is 0 Å². The largest absolute Gasteiger partial charge is 0.396 e. The average Bonchev–Trinajstić information content (AvgIpc) is 2.94. The highest BCUT2D eigenvalue weighted by molar-refractivity contribution is 5.77. The number of benzene rings is 1. The van der Waals surface area contributed by atoms with Crippen molar-refractivity contribution in [2.24, 2.45) is 11.3 Å². The molecule has 120 valence electrons. The zero-order chi connectivity index (χ0) is 15.6. The quantitative estimate of drug-likeness (QED) is 0.922. The predicted molar refractivity (Wildman–Crippen MR) is 84.5 cm³/mol. The van der Waals surface area contributed by atoms with Crippen LogP contribution in [0, 0.1) is 18.3 Å². The SMILES string of the molecule is Cc1ccc(CCC(=O)N2C[C@@H]3CCOC[C@]3(CO)C2)cc1. The molecule has 0 bridgehead atoms. The molecule has 2 heterocycles. The summed E-state index contributed by atoms with van der Waals surface area (Å²) < 4.78 is 5.55. The lowest BCUT2D eigenvalue weighted by atomic mass is 9.76. The standard InChI is InChI=1S/C18H25NO3/c1-14-2-4-15(5-3-14)6-7-17(21)19-10-16-8-9-22-13-18(16,11-19)12-20/h2-5,16,20H,6-13H2,1H3/t16-,18+/m0/s1. The molecule has 2 aliphatic rings. The Morgan fingerprint density at radius 3 is 2.86 bits per heavy atom. The molecule has 1 amide bonds. The summed E-state index contributed by atoms with van der Waals surface area (Å²) in [5, 5.41) is 9.77. The number of rotatable bonds is 4. The molecule has 3 rings (SSSR count). The monoisotopic (exact) mass is 303 g/mol. The van der Waals surface area contributed by atoms with Gasteiger partial charge in [0.05, 0.1) is 13.2 Å². The minimum Gasteiger partial charge on any atom is -0.396 e. The molecule has 1 aromatic carbocycles. The lowest BCUT2D eigenvalue weighted by molar-refractivity contribution is -0.130. The van der Waals surface area contributed by atoms with Crippen LogP contribution in [-0.4, -0.2) is 48.8 Å². The summed E-state index contributed by atoms with van der Waals surface area (Å²) in [6, 6.07) is 8.36. The van der Waals surface area contributed by atoms with E-state index in [2.05, 4.69) is 31.2 Å². The summed E-state index contributed by atoms with van der Waals surface area (Å²) in [5.74, 6) is 0.581. The van der Waals surface area contributed by atoms with Crippen LogP contribution in [0.1, 0.15) is 24.0 Å². The number of aliphatic hydroxyl groups is 1. The second kappa shape index (κ2) is 6.39. The molecule has 22 heavy (non-hydrogen) atoms. The Kier molecular flexibility index (Phi) is 4.50. The van der Waals surface area contributed by atoms with Gasteiger partial charge in [0.2, 0.25) is 5.91 Å². The van der Waals surface area contributed by atoms with Crippen LogP contribution >= 0.6 is 0 Å². The van der Waals surface area contributed by atoms with Crippen LogP contribution in [0.3, 0.4) is 0 Å². The van der Waals surface area contributed by atoms with Crippen LogP contribution in [0.2, 0.25) is 0 Å². The van der Waals surface area contributed by atoms with Crippen molar-refractivity contribution in [1.82, 2.24) is 4.90 Å². The summed E-state index contributed by atoms with van der Waals surface area (Å²) in [6.07, 6.45) is 2.27. The summed E-state index contributed by atoms with van der Waals surface area (Å²) in [7, 11) is 0. The summed E-state index contributed by atoms with van der Waals surface area (Å²) in [4.78, 5) is 14.4. The molecular weight excluding hydrogens is 278 g/mol. The van der Waals surface area contributed by atoms with E-state index in [4.69, 9.17) is 4.74 Å². The first-order valence-electron chi connectivity index (χ1n) is 8.15. The van der Waals surface area contributed by atoms with Crippen LogP contribution in [0.4, 0.5) is 0 Å². The Balaban J connectivity index is 1.58. The third kappa shape index (κ3) is 3.03. The number of carbonyl (C=O) groups excluding carboxylic acids is 1. The van der Waals surface area contributed by atoms with Crippen molar-refractivity contribution in [3.05, 3.63) is 35.4 Å². The van der Waals surface area contributed by atoms with E-state index in [1.54, 1.807) is 0 Å². The number of amides is 1. The van der Waals surface area contributed by atoms with E-state index in [0.717, 1.165) is 26.0 Å². The Labute approximate surface area is 132 Å². The maximum absolute atomic E-state index is 12.5. The number of ether oxygens (including phenoxy) is 1. The van der Waals surface area contributed by atoms with Crippen molar-refractivity contribution < 1.29 is 14.6 Å². The molecule has 2 saturated heterocycles. The molecule has 0 aliphatic carbocycles. The van der Waals surface area contributed by atoms with E-state index in [0.29, 0.717) is 25.5 Å². The van der Waals surface area contributed by atoms with E-state index in [1.807, 2.05) is 4.90 Å². The number of hydrogen-bond donors (Lipinski definition) is 1. The Morgan fingerprint density at radius 2 is 2.18 bits per heavy atom. The number of aliphatic hydroxyl groups excluding tert-OH is 1. The second-order valence-corrected chi connectivity index (χ2v) is 6.82. The minimum atomic E-state index is -0.224. The average molecular weight is 303 g/mol. The molecule has 0 saturated carbocycles. The third-order valence-electron chi connectivity index (χ3n) is 5.23. The number of fused-ring (bicyclic) bond motifs is 1. The van der Waals surface area contributed by atoms with Gasteiger partial charge in [-0.15, -0.1) is 0 Å². The summed E-state index contributed by atoms with van der Waals surface area (Å²) in [5.41, 5.74) is 2.22. The molecule has 0 spiro atoms. The van der Waals surface area contributed by atoms with Crippen molar-refractivity contribution in [3.8, 4) is 0 Å². The smallest absolute Gasteiger partial charge is 0.222 e. The molecule has 2 atom stereocenters. The first-order valence-corrected chi connectivity index (χ1v) is 8.15. The zero-order valence-corrected chi connectivity index (χ0v) is 13.3. The summed E-state index contributed by atoms with van der Waals surface area (Å²) in [6.45, 7) is 4.92. The maximum Gasteiger partial charge on any atom is 0.222 e. The van der Waals surface area contributed by atoms with E-state index in [-0.39, 0.29) is 17.9 Å². The molecule has 1 N–H and O–H groups in total. The minimum absolute atomic E-state index is 0.111. The van der Waals surface area contributed by atoms with Crippen LogP contribution in [0.15, 0.2) is 24.3 Å². The van der Waals surface area contributed by atoms with E-state index in [1.165, 1.54) is 11.1 Å². The molecule has 0 unspecified atom stereocenters. The van der Waals surface area contributed by atoms with Crippen LogP contribution in [0.5, 0.6) is 0 Å². The number of aryl methyl sites for hydroxylation is 2. The highest BCUT2D eigenvalue weighted by Crippen LogP contribution is 2.41. The number of hydrogen-bond acceptors (Lipinski definition) is 3. The van der Waals surface area contributed by atoms with Crippen LogP contribution in [-0.2, 0) is 16.0 Å². The Hall–Kier alpha value is -1.39. The fourth-order valence-corrected chi connectivity index (χ4v) is 3.67. The van der Waals surface area contributed by atoms with Crippen LogP contribution < -0.4 is 0 Å². The van der Waals surface area contributed by atoms with Crippen LogP contribution in [0.25, 0.3) is 0 Å². The van der Waals surface area contributed by atoms with Gasteiger partial charge in [-0.05, 0) is 31.2 Å². The molecule has 0 radical (unpaired) electrons. The third-order valence-corrected chi connectivity index (χ3v) is 5.23. The van der Waals surface area contributed by atoms with Gasteiger partial charge >= 0.3 is 0 Å². The summed E-state index contributed by atoms with van der Waals surface area (Å²) >= 11 is 0. The van der Waals surface area contributed by atoms with Gasteiger partial charge in [0.1, 0.15) is 0 Å². The van der Waals surface area contributed by atoms with E-state index < -0.39 is 0 Å². The van der Waals surface area contributed by atoms with Gasteiger partial charge in [0.25, 0.3) is 0 Å². The fourth-order valence-electron chi connectivity index (χ4n) is 3.67. The first-order chi connectivity index (χ1) is 10.6. The Morgan fingerprint density at radius 1 is 1.41 bits per heavy atom. The highest BCUT2D eigenvalue weighted by atomic mass is 16.5. The van der Waals surface area contributed by atoms with Gasteiger partial charge in [0.15, 0.2) is 0 Å². The second-order valence-electron chi connectivity index (χ2n) is 6.82. The lowest BCUT2D eigenvalue weighted by Gasteiger charge is -2.36.